The molecule has 0 radical (unpaired) electrons. The van der Waals surface area contributed by atoms with Gasteiger partial charge in [-0.15, -0.1) is 0 Å². The van der Waals surface area contributed by atoms with E-state index in [9.17, 15) is 8.42 Å². The van der Waals surface area contributed by atoms with Crippen molar-refractivity contribution in [1.29, 1.82) is 0 Å². The Kier molecular flexibility index (Phi) is 9.10. The molecule has 0 spiro atoms. The van der Waals surface area contributed by atoms with Crippen molar-refractivity contribution in [3.05, 3.63) is 60.2 Å². The van der Waals surface area contributed by atoms with Crippen molar-refractivity contribution in [3.8, 4) is 5.75 Å². The molecule has 0 amide bonds. The third-order valence-electron chi connectivity index (χ3n) is 5.04. The van der Waals surface area contributed by atoms with Crippen LogP contribution in [0, 0.1) is 11.3 Å². The van der Waals surface area contributed by atoms with Crippen molar-refractivity contribution in [2.24, 2.45) is 11.3 Å². The van der Waals surface area contributed by atoms with Gasteiger partial charge in [0.05, 0.1) is 18.1 Å². The molecule has 0 aliphatic rings. The van der Waals surface area contributed by atoms with Crippen LogP contribution in [0.5, 0.6) is 5.75 Å². The number of benzene rings is 2. The molecule has 0 aliphatic carbocycles. The molecule has 2 unspecified atom stereocenters. The van der Waals surface area contributed by atoms with Crippen molar-refractivity contribution < 1.29 is 22.1 Å². The van der Waals surface area contributed by atoms with Gasteiger partial charge in [-0.1, -0.05) is 65.0 Å². The van der Waals surface area contributed by atoms with Crippen LogP contribution in [0.1, 0.15) is 59.4 Å². The average Bonchev–Trinajstić information content (AvgIpc) is 2.70. The van der Waals surface area contributed by atoms with Gasteiger partial charge < -0.3 is 9.47 Å². The third-order valence-corrected chi connectivity index (χ3v) is 6.37. The Morgan fingerprint density at radius 2 is 1.48 bits per heavy atom. The number of rotatable bonds is 11. The first kappa shape index (κ1) is 25.4. The van der Waals surface area contributed by atoms with Gasteiger partial charge in [0.25, 0.3) is 10.1 Å². The SMILES string of the molecule is CC(C)CC(c1ccc(OC(C)OCCOS(=O)(=O)c2ccccc2)cc1)C(C)(C)C. The van der Waals surface area contributed by atoms with Crippen molar-refractivity contribution in [2.75, 3.05) is 13.2 Å². The van der Waals surface area contributed by atoms with Gasteiger partial charge in [0.15, 0.2) is 6.29 Å². The predicted molar refractivity (Wildman–Crippen MR) is 124 cm³/mol. The van der Waals surface area contributed by atoms with Crippen molar-refractivity contribution in [3.63, 3.8) is 0 Å². The predicted octanol–water partition coefficient (Wildman–Crippen LogP) is 6.01. The summed E-state index contributed by atoms with van der Waals surface area (Å²) in [5, 5.41) is 0. The molecule has 2 atom stereocenters. The molecule has 6 heteroatoms. The Morgan fingerprint density at radius 1 is 0.871 bits per heavy atom. The van der Waals surface area contributed by atoms with Gasteiger partial charge in [-0.25, -0.2) is 0 Å². The van der Waals surface area contributed by atoms with Crippen LogP contribution >= 0.6 is 0 Å². The summed E-state index contributed by atoms with van der Waals surface area (Å²) >= 11 is 0. The maximum absolute atomic E-state index is 12.1. The van der Waals surface area contributed by atoms with E-state index in [0.29, 0.717) is 17.6 Å². The second-order valence-corrected chi connectivity index (χ2v) is 10.9. The summed E-state index contributed by atoms with van der Waals surface area (Å²) in [5.74, 6) is 1.81. The minimum Gasteiger partial charge on any atom is -0.465 e. The highest BCUT2D eigenvalue weighted by Crippen LogP contribution is 2.40. The van der Waals surface area contributed by atoms with Crippen molar-refractivity contribution >= 4 is 10.1 Å². The first-order valence-electron chi connectivity index (χ1n) is 10.8. The molecular weight excluding hydrogens is 412 g/mol. The molecule has 0 fully saturated rings. The summed E-state index contributed by atoms with van der Waals surface area (Å²) < 4.78 is 40.5. The Labute approximate surface area is 187 Å². The topological polar surface area (TPSA) is 61.8 Å². The average molecular weight is 449 g/mol. The van der Waals surface area contributed by atoms with E-state index < -0.39 is 16.4 Å². The molecule has 0 bridgehead atoms. The Bertz CT molecular complexity index is 884. The van der Waals surface area contributed by atoms with Crippen LogP contribution in [-0.2, 0) is 19.0 Å². The largest absolute Gasteiger partial charge is 0.465 e. The lowest BCUT2D eigenvalue weighted by Crippen LogP contribution is -2.21. The van der Waals surface area contributed by atoms with E-state index in [2.05, 4.69) is 46.8 Å². The van der Waals surface area contributed by atoms with Gasteiger partial charge in [-0.3, -0.25) is 4.18 Å². The summed E-state index contributed by atoms with van der Waals surface area (Å²) in [7, 11) is -3.77. The van der Waals surface area contributed by atoms with Crippen LogP contribution in [-0.4, -0.2) is 27.9 Å². The highest BCUT2D eigenvalue weighted by molar-refractivity contribution is 7.86. The molecule has 2 aromatic carbocycles. The van der Waals surface area contributed by atoms with Crippen molar-refractivity contribution in [2.45, 2.75) is 65.1 Å². The zero-order chi connectivity index (χ0) is 23.1. The van der Waals surface area contributed by atoms with Crippen LogP contribution in [0.15, 0.2) is 59.5 Å². The smallest absolute Gasteiger partial charge is 0.297 e. The molecule has 0 heterocycles. The molecular formula is C25H36O5S. The van der Waals surface area contributed by atoms with Gasteiger partial charge in [0, 0.05) is 0 Å². The van der Waals surface area contributed by atoms with Gasteiger partial charge in [-0.05, 0) is 60.4 Å². The lowest BCUT2D eigenvalue weighted by atomic mass is 9.72. The molecule has 5 nitrogen and oxygen atoms in total. The normalized spacial score (nSPS) is 14.4. The van der Waals surface area contributed by atoms with E-state index in [0.717, 1.165) is 6.42 Å². The Morgan fingerprint density at radius 3 is 2.03 bits per heavy atom. The van der Waals surface area contributed by atoms with Crippen LogP contribution in [0.25, 0.3) is 0 Å². The summed E-state index contributed by atoms with van der Waals surface area (Å²) in [6, 6.07) is 16.2. The van der Waals surface area contributed by atoms with E-state index in [1.165, 1.54) is 17.7 Å². The van der Waals surface area contributed by atoms with Crippen LogP contribution in [0.4, 0.5) is 0 Å². The van der Waals surface area contributed by atoms with E-state index >= 15 is 0 Å². The van der Waals surface area contributed by atoms with E-state index in [1.807, 2.05) is 12.1 Å². The van der Waals surface area contributed by atoms with Crippen LogP contribution in [0.3, 0.4) is 0 Å². The fraction of sp³-hybridized carbons (Fsp3) is 0.520. The lowest BCUT2D eigenvalue weighted by molar-refractivity contribution is -0.0735. The molecule has 172 valence electrons. The van der Waals surface area contributed by atoms with Crippen LogP contribution < -0.4 is 4.74 Å². The molecule has 0 saturated carbocycles. The second-order valence-electron chi connectivity index (χ2n) is 9.26. The fourth-order valence-corrected chi connectivity index (χ4v) is 4.39. The molecule has 0 saturated heterocycles. The molecule has 0 aromatic heterocycles. The van der Waals surface area contributed by atoms with Crippen LogP contribution in [0.2, 0.25) is 0 Å². The Hall–Kier alpha value is -1.89. The monoisotopic (exact) mass is 448 g/mol. The summed E-state index contributed by atoms with van der Waals surface area (Å²) in [6.45, 7) is 13.1. The number of hydrogen-bond donors (Lipinski definition) is 0. The highest BCUT2D eigenvalue weighted by Gasteiger charge is 2.27. The first-order valence-corrected chi connectivity index (χ1v) is 12.2. The van der Waals surface area contributed by atoms with Gasteiger partial charge in [-0.2, -0.15) is 8.42 Å². The molecule has 2 rings (SSSR count). The molecule has 0 N–H and O–H groups in total. The fourth-order valence-electron chi connectivity index (χ4n) is 3.48. The van der Waals surface area contributed by atoms with Gasteiger partial charge >= 0.3 is 0 Å². The van der Waals surface area contributed by atoms with Gasteiger partial charge in [0.2, 0.25) is 0 Å². The molecule has 31 heavy (non-hydrogen) atoms. The zero-order valence-corrected chi connectivity index (χ0v) is 20.3. The van der Waals surface area contributed by atoms with Crippen molar-refractivity contribution in [1.82, 2.24) is 0 Å². The lowest BCUT2D eigenvalue weighted by Gasteiger charge is -2.32. The second kappa shape index (κ2) is 11.1. The number of ether oxygens (including phenoxy) is 2. The maximum Gasteiger partial charge on any atom is 0.297 e. The summed E-state index contributed by atoms with van der Waals surface area (Å²) in [6.07, 6.45) is 0.609. The first-order chi connectivity index (χ1) is 14.5. The number of hydrogen-bond acceptors (Lipinski definition) is 5. The quantitative estimate of drug-likeness (QED) is 0.239. The zero-order valence-electron chi connectivity index (χ0n) is 19.5. The van der Waals surface area contributed by atoms with E-state index in [-0.39, 0.29) is 23.5 Å². The minimum atomic E-state index is -3.77. The van der Waals surface area contributed by atoms with E-state index in [4.69, 9.17) is 13.7 Å². The standard InChI is InChI=1S/C25H36O5S/c1-19(2)18-24(25(4,5)6)21-12-14-22(15-13-21)30-20(3)28-16-17-29-31(26,27)23-10-8-7-9-11-23/h7-15,19-20,24H,16-18H2,1-6H3. The Balaban J connectivity index is 1.84. The van der Waals surface area contributed by atoms with Gasteiger partial charge in [0.1, 0.15) is 5.75 Å². The maximum atomic E-state index is 12.1. The third kappa shape index (κ3) is 8.28. The molecule has 2 aromatic rings. The summed E-state index contributed by atoms with van der Waals surface area (Å²) in [4.78, 5) is 0.130. The molecule has 0 aliphatic heterocycles. The minimum absolute atomic E-state index is 0.0771. The van der Waals surface area contributed by atoms with E-state index in [1.54, 1.807) is 25.1 Å². The summed E-state index contributed by atoms with van der Waals surface area (Å²) in [5.41, 5.74) is 1.49. The highest BCUT2D eigenvalue weighted by atomic mass is 32.2.